The molecule has 1 rings (SSSR count). The summed E-state index contributed by atoms with van der Waals surface area (Å²) >= 11 is 4.88. The summed E-state index contributed by atoms with van der Waals surface area (Å²) in [6.45, 7) is 2.44. The van der Waals surface area contributed by atoms with Crippen LogP contribution >= 0.6 is 12.2 Å². The molecule has 0 fully saturated rings. The van der Waals surface area contributed by atoms with Gasteiger partial charge in [0, 0.05) is 6.54 Å². The SMILES string of the molecule is CCNC(=S)Nc1ccc(F)cc1[N+](=O)[O-]. The average molecular weight is 243 g/mol. The van der Waals surface area contributed by atoms with Crippen molar-refractivity contribution in [1.82, 2.24) is 5.32 Å². The number of benzene rings is 1. The summed E-state index contributed by atoms with van der Waals surface area (Å²) in [6.07, 6.45) is 0. The van der Waals surface area contributed by atoms with Gasteiger partial charge in [-0.1, -0.05) is 0 Å². The van der Waals surface area contributed by atoms with Gasteiger partial charge in [-0.15, -0.1) is 0 Å². The summed E-state index contributed by atoms with van der Waals surface area (Å²) in [7, 11) is 0. The lowest BCUT2D eigenvalue weighted by atomic mass is 10.2. The van der Waals surface area contributed by atoms with Gasteiger partial charge in [-0.25, -0.2) is 4.39 Å². The van der Waals surface area contributed by atoms with Gasteiger partial charge in [-0.3, -0.25) is 10.1 Å². The molecule has 16 heavy (non-hydrogen) atoms. The molecule has 0 aliphatic rings. The van der Waals surface area contributed by atoms with E-state index >= 15 is 0 Å². The molecule has 0 bridgehead atoms. The Morgan fingerprint density at radius 3 is 2.88 bits per heavy atom. The van der Waals surface area contributed by atoms with E-state index in [-0.39, 0.29) is 16.5 Å². The van der Waals surface area contributed by atoms with E-state index in [2.05, 4.69) is 10.6 Å². The number of nitrogens with zero attached hydrogens (tertiary/aromatic N) is 1. The summed E-state index contributed by atoms with van der Waals surface area (Å²) in [5, 5.41) is 16.3. The highest BCUT2D eigenvalue weighted by Gasteiger charge is 2.15. The van der Waals surface area contributed by atoms with E-state index in [4.69, 9.17) is 12.2 Å². The average Bonchev–Trinajstić information content (AvgIpc) is 2.20. The first-order chi connectivity index (χ1) is 7.54. The molecule has 86 valence electrons. The quantitative estimate of drug-likeness (QED) is 0.483. The number of anilines is 1. The highest BCUT2D eigenvalue weighted by atomic mass is 32.1. The number of nitrogens with one attached hydrogen (secondary N) is 2. The van der Waals surface area contributed by atoms with Gasteiger partial charge >= 0.3 is 0 Å². The smallest absolute Gasteiger partial charge is 0.295 e. The molecule has 0 radical (unpaired) electrons. The minimum Gasteiger partial charge on any atom is -0.363 e. The fraction of sp³-hybridized carbons (Fsp3) is 0.222. The maximum absolute atomic E-state index is 12.8. The maximum Gasteiger partial charge on any atom is 0.295 e. The lowest BCUT2D eigenvalue weighted by Crippen LogP contribution is -2.28. The molecule has 0 unspecified atom stereocenters. The summed E-state index contributed by atoms with van der Waals surface area (Å²) in [4.78, 5) is 9.98. The molecular formula is C9H10FN3O2S. The normalized spacial score (nSPS) is 9.62. The largest absolute Gasteiger partial charge is 0.363 e. The van der Waals surface area contributed by atoms with Crippen LogP contribution in [0.3, 0.4) is 0 Å². The van der Waals surface area contributed by atoms with Crippen LogP contribution in [0.5, 0.6) is 0 Å². The second kappa shape index (κ2) is 5.36. The number of nitro benzene ring substituents is 1. The molecule has 5 nitrogen and oxygen atoms in total. The third-order valence-electron chi connectivity index (χ3n) is 1.74. The van der Waals surface area contributed by atoms with Crippen molar-refractivity contribution >= 4 is 28.7 Å². The predicted molar refractivity (Wildman–Crippen MR) is 63.0 cm³/mol. The van der Waals surface area contributed by atoms with Crippen LogP contribution in [0.2, 0.25) is 0 Å². The van der Waals surface area contributed by atoms with Crippen LogP contribution in [-0.4, -0.2) is 16.6 Å². The van der Waals surface area contributed by atoms with Gasteiger partial charge in [-0.2, -0.15) is 0 Å². The molecule has 2 N–H and O–H groups in total. The summed E-state index contributed by atoms with van der Waals surface area (Å²) in [5.74, 6) is -0.661. The highest BCUT2D eigenvalue weighted by molar-refractivity contribution is 7.80. The lowest BCUT2D eigenvalue weighted by molar-refractivity contribution is -0.384. The highest BCUT2D eigenvalue weighted by Crippen LogP contribution is 2.24. The van der Waals surface area contributed by atoms with Crippen LogP contribution in [-0.2, 0) is 0 Å². The first kappa shape index (κ1) is 12.3. The number of thiocarbonyl (C=S) groups is 1. The number of nitro groups is 1. The van der Waals surface area contributed by atoms with Crippen molar-refractivity contribution in [2.24, 2.45) is 0 Å². The van der Waals surface area contributed by atoms with E-state index in [0.717, 1.165) is 12.1 Å². The summed E-state index contributed by atoms with van der Waals surface area (Å²) < 4.78 is 12.8. The van der Waals surface area contributed by atoms with Gasteiger partial charge in [-0.05, 0) is 31.3 Å². The minimum absolute atomic E-state index is 0.164. The first-order valence-electron chi connectivity index (χ1n) is 4.53. The van der Waals surface area contributed by atoms with Crippen molar-refractivity contribution in [2.45, 2.75) is 6.92 Å². The van der Waals surface area contributed by atoms with Crippen molar-refractivity contribution in [3.8, 4) is 0 Å². The van der Waals surface area contributed by atoms with Gasteiger partial charge in [0.05, 0.1) is 11.0 Å². The van der Waals surface area contributed by atoms with Crippen molar-refractivity contribution in [2.75, 3.05) is 11.9 Å². The molecule has 0 aromatic heterocycles. The Balaban J connectivity index is 2.95. The van der Waals surface area contributed by atoms with Gasteiger partial charge in [0.2, 0.25) is 0 Å². The molecule has 0 aliphatic carbocycles. The molecule has 0 heterocycles. The van der Waals surface area contributed by atoms with Crippen LogP contribution in [0.15, 0.2) is 18.2 Å². The summed E-state index contributed by atoms with van der Waals surface area (Å²) in [6, 6.07) is 3.25. The second-order valence-corrected chi connectivity index (χ2v) is 3.31. The van der Waals surface area contributed by atoms with Crippen LogP contribution in [0.1, 0.15) is 6.92 Å². The Kier molecular flexibility index (Phi) is 4.12. The predicted octanol–water partition coefficient (Wildman–Crippen LogP) is 2.04. The molecule has 0 amide bonds. The Labute approximate surface area is 96.8 Å². The van der Waals surface area contributed by atoms with Gasteiger partial charge in [0.15, 0.2) is 5.11 Å². The Morgan fingerprint density at radius 2 is 2.31 bits per heavy atom. The molecule has 0 saturated heterocycles. The minimum atomic E-state index is -0.667. The molecule has 0 atom stereocenters. The Morgan fingerprint density at radius 1 is 1.62 bits per heavy atom. The third kappa shape index (κ3) is 3.13. The number of hydrogen-bond donors (Lipinski definition) is 2. The standard InChI is InChI=1S/C9H10FN3O2S/c1-2-11-9(16)12-7-4-3-6(10)5-8(7)13(14)15/h3-5H,2H2,1H3,(H2,11,12,16). The third-order valence-corrected chi connectivity index (χ3v) is 1.99. The lowest BCUT2D eigenvalue weighted by Gasteiger charge is -2.08. The van der Waals surface area contributed by atoms with E-state index in [1.165, 1.54) is 6.07 Å². The molecule has 1 aromatic rings. The number of hydrogen-bond acceptors (Lipinski definition) is 3. The Bertz CT molecular complexity index is 425. The Hall–Kier alpha value is -1.76. The zero-order valence-electron chi connectivity index (χ0n) is 8.49. The van der Waals surface area contributed by atoms with Gasteiger partial charge < -0.3 is 10.6 Å². The summed E-state index contributed by atoms with van der Waals surface area (Å²) in [5.41, 5.74) is -0.183. The number of rotatable bonds is 3. The number of halogens is 1. The van der Waals surface area contributed by atoms with Crippen molar-refractivity contribution in [3.05, 3.63) is 34.1 Å². The van der Waals surface area contributed by atoms with Crippen molar-refractivity contribution < 1.29 is 9.31 Å². The molecule has 7 heteroatoms. The van der Waals surface area contributed by atoms with Crippen molar-refractivity contribution in [3.63, 3.8) is 0 Å². The molecule has 0 saturated carbocycles. The second-order valence-electron chi connectivity index (χ2n) is 2.90. The van der Waals surface area contributed by atoms with E-state index in [9.17, 15) is 14.5 Å². The monoisotopic (exact) mass is 243 g/mol. The fourth-order valence-electron chi connectivity index (χ4n) is 1.09. The topological polar surface area (TPSA) is 67.2 Å². The van der Waals surface area contributed by atoms with E-state index in [0.29, 0.717) is 6.54 Å². The molecule has 0 spiro atoms. The molecule has 1 aromatic carbocycles. The maximum atomic E-state index is 12.8. The fourth-order valence-corrected chi connectivity index (χ4v) is 1.34. The van der Waals surface area contributed by atoms with Crippen LogP contribution in [0, 0.1) is 15.9 Å². The van der Waals surface area contributed by atoms with Crippen LogP contribution in [0.4, 0.5) is 15.8 Å². The zero-order chi connectivity index (χ0) is 12.1. The van der Waals surface area contributed by atoms with Crippen molar-refractivity contribution in [1.29, 1.82) is 0 Å². The van der Waals surface area contributed by atoms with Gasteiger partial charge in [0.25, 0.3) is 5.69 Å². The molecular weight excluding hydrogens is 233 g/mol. The van der Waals surface area contributed by atoms with Gasteiger partial charge in [0.1, 0.15) is 11.5 Å². The van der Waals surface area contributed by atoms with Crippen LogP contribution < -0.4 is 10.6 Å². The van der Waals surface area contributed by atoms with E-state index in [1.54, 1.807) is 0 Å². The van der Waals surface area contributed by atoms with Crippen LogP contribution in [0.25, 0.3) is 0 Å². The van der Waals surface area contributed by atoms with E-state index in [1.807, 2.05) is 6.92 Å². The zero-order valence-corrected chi connectivity index (χ0v) is 9.31. The first-order valence-corrected chi connectivity index (χ1v) is 4.94. The molecule has 0 aliphatic heterocycles. The van der Waals surface area contributed by atoms with E-state index < -0.39 is 10.7 Å².